The fraction of sp³-hybridized carbons (Fsp3) is 0.447. The van der Waals surface area contributed by atoms with Crippen LogP contribution in [-0.2, 0) is 22.4 Å². The number of amides is 4. The lowest BCUT2D eigenvalue weighted by Crippen LogP contribution is -2.66. The van der Waals surface area contributed by atoms with E-state index in [0.717, 1.165) is 28.7 Å². The zero-order valence-corrected chi connectivity index (χ0v) is 28.3. The molecule has 9 nitrogen and oxygen atoms in total. The molecule has 4 atom stereocenters. The highest BCUT2D eigenvalue weighted by molar-refractivity contribution is 5.91. The summed E-state index contributed by atoms with van der Waals surface area (Å²) >= 11 is 0. The maximum absolute atomic E-state index is 14.1. The summed E-state index contributed by atoms with van der Waals surface area (Å²) in [6.45, 7) is 10.4. The monoisotopic (exact) mass is 642 g/mol. The molecule has 4 rings (SSSR count). The van der Waals surface area contributed by atoms with Crippen LogP contribution in [0.2, 0.25) is 0 Å². The number of rotatable bonds is 15. The minimum absolute atomic E-state index is 0.171. The van der Waals surface area contributed by atoms with Gasteiger partial charge < -0.3 is 30.7 Å². The van der Waals surface area contributed by atoms with E-state index in [2.05, 4.69) is 16.0 Å². The number of carbonyl (C=O) groups excluding carboxylic acids is 3. The lowest BCUT2D eigenvalue weighted by Gasteiger charge is -2.45. The van der Waals surface area contributed by atoms with Crippen molar-refractivity contribution in [3.63, 3.8) is 0 Å². The minimum Gasteiger partial charge on any atom is -0.483 e. The number of urea groups is 1. The number of hydrogen-bond acceptors (Lipinski definition) is 5. The van der Waals surface area contributed by atoms with Crippen molar-refractivity contribution in [2.24, 2.45) is 5.92 Å². The first-order valence-electron chi connectivity index (χ1n) is 16.6. The van der Waals surface area contributed by atoms with Crippen LogP contribution < -0.4 is 20.7 Å². The fourth-order valence-electron chi connectivity index (χ4n) is 6.21. The summed E-state index contributed by atoms with van der Waals surface area (Å²) in [4.78, 5) is 41.9. The van der Waals surface area contributed by atoms with Crippen LogP contribution in [0.25, 0.3) is 0 Å². The summed E-state index contributed by atoms with van der Waals surface area (Å²) in [5.74, 6) is -0.122. The maximum Gasteiger partial charge on any atom is 0.318 e. The Labute approximate surface area is 279 Å². The number of aryl methyl sites for hydroxylation is 2. The smallest absolute Gasteiger partial charge is 0.318 e. The number of nitrogens with zero attached hydrogens (tertiary/aromatic N) is 1. The summed E-state index contributed by atoms with van der Waals surface area (Å²) in [5.41, 5.74) is 2.73. The van der Waals surface area contributed by atoms with Crippen LogP contribution in [0.3, 0.4) is 0 Å². The van der Waals surface area contributed by atoms with E-state index in [1.54, 1.807) is 4.90 Å². The van der Waals surface area contributed by atoms with Gasteiger partial charge in [-0.3, -0.25) is 9.59 Å². The highest BCUT2D eigenvalue weighted by Crippen LogP contribution is 2.28. The zero-order valence-electron chi connectivity index (χ0n) is 28.3. The molecule has 252 valence electrons. The molecule has 4 N–H and O–H groups in total. The molecule has 47 heavy (non-hydrogen) atoms. The second-order valence-electron chi connectivity index (χ2n) is 13.1. The number of carbonyl (C=O) groups is 3. The molecule has 0 radical (unpaired) electrons. The van der Waals surface area contributed by atoms with E-state index >= 15 is 0 Å². The van der Waals surface area contributed by atoms with Crippen LogP contribution in [-0.4, -0.2) is 71.3 Å². The van der Waals surface area contributed by atoms with Gasteiger partial charge in [-0.2, -0.15) is 0 Å². The molecule has 0 aromatic heterocycles. The standard InChI is InChI=1S/C38H50N4O5/c1-26(2)38(5,42-21-13-20-39-37(42)46)36(45)40-31(22-29-16-8-6-9-17-29)24-33(43)32(23-30-18-10-7-11-19-30)41-34(44)25-47-35-27(3)14-12-15-28(35)4/h6-12,14-19,26,31-33,43H,13,20-25H2,1-5H3,(H,39,46)(H,40,45)(H,41,44)/t31-,32-,33-,38-/m0/s1. The van der Waals surface area contributed by atoms with Crippen molar-refractivity contribution in [3.05, 3.63) is 101 Å². The van der Waals surface area contributed by atoms with Gasteiger partial charge in [-0.15, -0.1) is 0 Å². The lowest BCUT2D eigenvalue weighted by molar-refractivity contribution is -0.135. The molecule has 3 aromatic carbocycles. The van der Waals surface area contributed by atoms with Crippen LogP contribution in [0.5, 0.6) is 5.75 Å². The third-order valence-corrected chi connectivity index (χ3v) is 9.28. The number of nitrogens with one attached hydrogen (secondary N) is 3. The van der Waals surface area contributed by atoms with E-state index in [1.165, 1.54) is 0 Å². The first kappa shape index (κ1) is 35.5. The largest absolute Gasteiger partial charge is 0.483 e. The van der Waals surface area contributed by atoms with Gasteiger partial charge in [0.05, 0.1) is 12.1 Å². The van der Waals surface area contributed by atoms with Gasteiger partial charge in [0.25, 0.3) is 5.91 Å². The third kappa shape index (κ3) is 9.35. The van der Waals surface area contributed by atoms with E-state index in [0.29, 0.717) is 31.7 Å². The quantitative estimate of drug-likeness (QED) is 0.191. The van der Waals surface area contributed by atoms with E-state index in [9.17, 15) is 19.5 Å². The zero-order chi connectivity index (χ0) is 34.0. The molecule has 0 spiro atoms. The molecule has 4 amide bonds. The SMILES string of the molecule is Cc1cccc(C)c1OCC(=O)N[C@@H](Cc1ccccc1)[C@@H](O)C[C@H](Cc1ccccc1)NC(=O)[C@](C)(C(C)C)N1CCCNC1=O. The highest BCUT2D eigenvalue weighted by Gasteiger charge is 2.46. The Morgan fingerprint density at radius 2 is 1.51 bits per heavy atom. The number of aliphatic hydroxyl groups excluding tert-OH is 1. The molecule has 0 bridgehead atoms. The van der Waals surface area contributed by atoms with Crippen molar-refractivity contribution in [2.75, 3.05) is 19.7 Å². The predicted octanol–water partition coefficient (Wildman–Crippen LogP) is 4.72. The summed E-state index contributed by atoms with van der Waals surface area (Å²) in [6.07, 6.45) is 0.779. The first-order chi connectivity index (χ1) is 22.5. The van der Waals surface area contributed by atoms with E-state index in [4.69, 9.17) is 4.74 Å². The van der Waals surface area contributed by atoms with Crippen molar-refractivity contribution < 1.29 is 24.2 Å². The van der Waals surface area contributed by atoms with Crippen LogP contribution in [0.15, 0.2) is 78.9 Å². The molecule has 0 unspecified atom stereocenters. The topological polar surface area (TPSA) is 120 Å². The molecular weight excluding hydrogens is 592 g/mol. The second kappa shape index (κ2) is 16.5. The van der Waals surface area contributed by atoms with Gasteiger partial charge in [0.2, 0.25) is 5.91 Å². The van der Waals surface area contributed by atoms with Gasteiger partial charge in [0, 0.05) is 19.1 Å². The number of ether oxygens (including phenoxy) is 1. The molecule has 1 aliphatic heterocycles. The van der Waals surface area contributed by atoms with Crippen molar-refractivity contribution in [2.45, 2.75) is 84.0 Å². The van der Waals surface area contributed by atoms with Crippen LogP contribution in [0, 0.1) is 19.8 Å². The van der Waals surface area contributed by atoms with Crippen LogP contribution >= 0.6 is 0 Å². The van der Waals surface area contributed by atoms with Crippen molar-refractivity contribution in [1.82, 2.24) is 20.9 Å². The Morgan fingerprint density at radius 3 is 2.09 bits per heavy atom. The molecule has 1 heterocycles. The first-order valence-corrected chi connectivity index (χ1v) is 16.6. The molecule has 0 aliphatic carbocycles. The Hall–Kier alpha value is -4.37. The Balaban J connectivity index is 1.55. The number of benzene rings is 3. The normalized spacial score (nSPS) is 16.4. The number of aliphatic hydroxyl groups is 1. The molecular formula is C38H50N4O5. The Bertz CT molecular complexity index is 1460. The number of hydrogen-bond donors (Lipinski definition) is 4. The summed E-state index contributed by atoms with van der Waals surface area (Å²) in [6, 6.07) is 23.9. The predicted molar refractivity (Wildman–Crippen MR) is 184 cm³/mol. The third-order valence-electron chi connectivity index (χ3n) is 9.28. The molecule has 0 saturated carbocycles. The Morgan fingerprint density at radius 1 is 0.915 bits per heavy atom. The molecule has 9 heteroatoms. The molecule has 3 aromatic rings. The van der Waals surface area contributed by atoms with E-state index in [-0.39, 0.29) is 36.8 Å². The molecule has 1 aliphatic rings. The summed E-state index contributed by atoms with van der Waals surface area (Å²) in [5, 5.41) is 20.9. The van der Waals surface area contributed by atoms with E-state index in [1.807, 2.05) is 113 Å². The highest BCUT2D eigenvalue weighted by atomic mass is 16.5. The number of para-hydroxylation sites is 1. The van der Waals surface area contributed by atoms with Crippen molar-refractivity contribution in [3.8, 4) is 5.75 Å². The summed E-state index contributed by atoms with van der Waals surface area (Å²) < 4.78 is 5.91. The molecule has 1 fully saturated rings. The van der Waals surface area contributed by atoms with Gasteiger partial charge in [-0.25, -0.2) is 4.79 Å². The lowest BCUT2D eigenvalue weighted by atomic mass is 9.84. The second-order valence-corrected chi connectivity index (χ2v) is 13.1. The minimum atomic E-state index is -1.10. The Kier molecular flexibility index (Phi) is 12.4. The van der Waals surface area contributed by atoms with Gasteiger partial charge in [-0.05, 0) is 74.6 Å². The maximum atomic E-state index is 14.1. The van der Waals surface area contributed by atoms with Gasteiger partial charge in [-0.1, -0.05) is 92.7 Å². The molecule has 1 saturated heterocycles. The fourth-order valence-corrected chi connectivity index (χ4v) is 6.21. The van der Waals surface area contributed by atoms with Crippen LogP contribution in [0.1, 0.15) is 55.9 Å². The van der Waals surface area contributed by atoms with Gasteiger partial charge in [0.15, 0.2) is 6.61 Å². The van der Waals surface area contributed by atoms with Crippen molar-refractivity contribution in [1.29, 1.82) is 0 Å². The van der Waals surface area contributed by atoms with Crippen LogP contribution in [0.4, 0.5) is 4.79 Å². The summed E-state index contributed by atoms with van der Waals surface area (Å²) in [7, 11) is 0. The van der Waals surface area contributed by atoms with Crippen molar-refractivity contribution >= 4 is 17.8 Å². The van der Waals surface area contributed by atoms with Gasteiger partial charge in [0.1, 0.15) is 11.3 Å². The van der Waals surface area contributed by atoms with E-state index < -0.39 is 23.7 Å². The van der Waals surface area contributed by atoms with Gasteiger partial charge >= 0.3 is 6.03 Å². The average Bonchev–Trinajstić information content (AvgIpc) is 3.05. The average molecular weight is 643 g/mol.